The summed E-state index contributed by atoms with van der Waals surface area (Å²) in [5.41, 5.74) is 0.787. The van der Waals surface area contributed by atoms with Crippen LogP contribution in [0.4, 0.5) is 0 Å². The Morgan fingerprint density at radius 3 is 1.67 bits per heavy atom. The summed E-state index contributed by atoms with van der Waals surface area (Å²) in [5.74, 6) is 0.519. The zero-order valence-electron chi connectivity index (χ0n) is 16.0. The van der Waals surface area contributed by atoms with E-state index in [4.69, 9.17) is 23.2 Å². The molecule has 2 atom stereocenters. The summed E-state index contributed by atoms with van der Waals surface area (Å²) in [6.07, 6.45) is 5.74. The van der Waals surface area contributed by atoms with Crippen LogP contribution in [-0.4, -0.2) is 35.8 Å². The van der Waals surface area contributed by atoms with Crippen LogP contribution in [0.15, 0.2) is 48.5 Å². The van der Waals surface area contributed by atoms with E-state index in [-0.39, 0.29) is 0 Å². The van der Waals surface area contributed by atoms with Gasteiger partial charge in [0.05, 0.1) is 26.2 Å². The van der Waals surface area contributed by atoms with Crippen LogP contribution in [0, 0.1) is 5.92 Å². The molecular formula is C23H28Cl2NO+. The Kier molecular flexibility index (Phi) is 5.05. The molecule has 27 heavy (non-hydrogen) atoms. The van der Waals surface area contributed by atoms with Gasteiger partial charge in [-0.3, -0.25) is 0 Å². The van der Waals surface area contributed by atoms with Crippen molar-refractivity contribution in [2.75, 3.05) is 14.1 Å². The molecule has 0 saturated carbocycles. The molecular weight excluding hydrogens is 377 g/mol. The lowest BCUT2D eigenvalue weighted by atomic mass is 9.75. The third-order valence-corrected chi connectivity index (χ3v) is 7.66. The Bertz CT molecular complexity index is 739. The normalized spacial score (nSPS) is 26.9. The summed E-state index contributed by atoms with van der Waals surface area (Å²) in [6, 6.07) is 16.7. The van der Waals surface area contributed by atoms with Crippen molar-refractivity contribution in [2.24, 2.45) is 5.92 Å². The number of hydrogen-bond donors (Lipinski definition) is 1. The standard InChI is InChI=1S/C23H28Cl2NO/c1-26(2)21-11-12-22(26)14-16(13-21)15-23(27,17-3-7-19(24)8-4-17)18-5-9-20(25)10-6-18/h3-10,16,21-22,27H,11-15H2,1-2H3/q+1/t21-,22-/m1/s1. The van der Waals surface area contributed by atoms with Gasteiger partial charge in [0.1, 0.15) is 5.60 Å². The molecule has 2 fully saturated rings. The van der Waals surface area contributed by atoms with Gasteiger partial charge < -0.3 is 9.59 Å². The lowest BCUT2D eigenvalue weighted by Gasteiger charge is -2.46. The highest BCUT2D eigenvalue weighted by Crippen LogP contribution is 2.47. The van der Waals surface area contributed by atoms with Crippen molar-refractivity contribution < 1.29 is 9.59 Å². The number of hydrogen-bond acceptors (Lipinski definition) is 1. The lowest BCUT2D eigenvalue weighted by Crippen LogP contribution is -2.55. The van der Waals surface area contributed by atoms with Crippen LogP contribution in [0.5, 0.6) is 0 Å². The summed E-state index contributed by atoms with van der Waals surface area (Å²) in [6.45, 7) is 0. The van der Waals surface area contributed by atoms with Crippen molar-refractivity contribution in [3.8, 4) is 0 Å². The number of rotatable bonds is 4. The first-order valence-electron chi connectivity index (χ1n) is 9.87. The van der Waals surface area contributed by atoms with E-state index < -0.39 is 5.60 Å². The minimum absolute atomic E-state index is 0.519. The van der Waals surface area contributed by atoms with Crippen molar-refractivity contribution in [1.29, 1.82) is 0 Å². The Labute approximate surface area is 172 Å². The molecule has 2 nitrogen and oxygen atoms in total. The molecule has 0 spiro atoms. The van der Waals surface area contributed by atoms with Gasteiger partial charge in [-0.1, -0.05) is 47.5 Å². The predicted molar refractivity (Wildman–Crippen MR) is 112 cm³/mol. The summed E-state index contributed by atoms with van der Waals surface area (Å²) in [5, 5.41) is 13.3. The summed E-state index contributed by atoms with van der Waals surface area (Å²) in [4.78, 5) is 0. The van der Waals surface area contributed by atoms with Gasteiger partial charge in [-0.15, -0.1) is 0 Å². The van der Waals surface area contributed by atoms with Gasteiger partial charge in [-0.05, 0) is 47.7 Å². The average molecular weight is 405 g/mol. The quantitative estimate of drug-likeness (QED) is 0.653. The lowest BCUT2D eigenvalue weighted by molar-refractivity contribution is -0.931. The van der Waals surface area contributed by atoms with Gasteiger partial charge in [0.2, 0.25) is 0 Å². The zero-order valence-corrected chi connectivity index (χ0v) is 17.5. The second-order valence-corrected chi connectivity index (χ2v) is 9.80. The molecule has 0 aliphatic carbocycles. The SMILES string of the molecule is C[N+]1(C)[C@@H]2CC[C@@H]1CC(CC(O)(c1ccc(Cl)cc1)c1ccc(Cl)cc1)C2. The minimum Gasteiger partial charge on any atom is -0.380 e. The third kappa shape index (κ3) is 3.53. The topological polar surface area (TPSA) is 20.2 Å². The molecule has 2 aliphatic rings. The molecule has 0 radical (unpaired) electrons. The number of fused-ring (bicyclic) bond motifs is 2. The van der Waals surface area contributed by atoms with Crippen LogP contribution < -0.4 is 0 Å². The number of nitrogens with zero attached hydrogens (tertiary/aromatic N) is 1. The molecule has 1 N–H and O–H groups in total. The van der Waals surface area contributed by atoms with E-state index in [0.717, 1.165) is 22.0 Å². The van der Waals surface area contributed by atoms with Crippen LogP contribution in [0.1, 0.15) is 43.2 Å². The highest BCUT2D eigenvalue weighted by atomic mass is 35.5. The first kappa shape index (κ1) is 19.3. The molecule has 4 heteroatoms. The van der Waals surface area contributed by atoms with E-state index in [0.29, 0.717) is 28.0 Å². The second-order valence-electron chi connectivity index (χ2n) is 8.93. The summed E-state index contributed by atoms with van der Waals surface area (Å²) >= 11 is 12.2. The van der Waals surface area contributed by atoms with Gasteiger partial charge in [-0.25, -0.2) is 0 Å². The summed E-state index contributed by atoms with van der Waals surface area (Å²) in [7, 11) is 4.76. The number of aliphatic hydroxyl groups is 1. The number of halogens is 2. The Balaban J connectivity index is 1.67. The van der Waals surface area contributed by atoms with E-state index in [9.17, 15) is 5.11 Å². The van der Waals surface area contributed by atoms with E-state index in [1.165, 1.54) is 25.7 Å². The molecule has 4 rings (SSSR count). The maximum atomic E-state index is 11.9. The highest BCUT2D eigenvalue weighted by molar-refractivity contribution is 6.30. The Hall–Kier alpha value is -1.06. The Morgan fingerprint density at radius 1 is 0.852 bits per heavy atom. The van der Waals surface area contributed by atoms with Gasteiger partial charge in [0.25, 0.3) is 0 Å². The molecule has 2 saturated heterocycles. The van der Waals surface area contributed by atoms with Crippen LogP contribution >= 0.6 is 23.2 Å². The molecule has 2 heterocycles. The number of piperidine rings is 1. The molecule has 2 aromatic rings. The minimum atomic E-state index is -1.02. The third-order valence-electron chi connectivity index (χ3n) is 7.15. The van der Waals surface area contributed by atoms with Crippen LogP contribution in [0.3, 0.4) is 0 Å². The first-order valence-corrected chi connectivity index (χ1v) is 10.6. The van der Waals surface area contributed by atoms with Crippen molar-refractivity contribution in [2.45, 2.75) is 49.8 Å². The van der Waals surface area contributed by atoms with Crippen molar-refractivity contribution >= 4 is 23.2 Å². The van der Waals surface area contributed by atoms with E-state index in [2.05, 4.69) is 14.1 Å². The zero-order chi connectivity index (χ0) is 19.2. The molecule has 2 bridgehead atoms. The van der Waals surface area contributed by atoms with E-state index >= 15 is 0 Å². The smallest absolute Gasteiger partial charge is 0.115 e. The molecule has 2 aliphatic heterocycles. The van der Waals surface area contributed by atoms with E-state index in [1.54, 1.807) is 0 Å². The largest absolute Gasteiger partial charge is 0.380 e. The molecule has 0 aromatic heterocycles. The summed E-state index contributed by atoms with van der Waals surface area (Å²) < 4.78 is 1.15. The first-order chi connectivity index (χ1) is 12.8. The van der Waals surface area contributed by atoms with Crippen molar-refractivity contribution in [3.63, 3.8) is 0 Å². The van der Waals surface area contributed by atoms with Crippen LogP contribution in [0.2, 0.25) is 10.0 Å². The molecule has 0 unspecified atom stereocenters. The van der Waals surface area contributed by atoms with Gasteiger partial charge >= 0.3 is 0 Å². The molecule has 0 amide bonds. The number of benzene rings is 2. The highest BCUT2D eigenvalue weighted by Gasteiger charge is 2.50. The predicted octanol–water partition coefficient (Wildman–Crippen LogP) is 5.64. The maximum absolute atomic E-state index is 11.9. The van der Waals surface area contributed by atoms with Gasteiger partial charge in [0, 0.05) is 35.7 Å². The van der Waals surface area contributed by atoms with Crippen molar-refractivity contribution in [3.05, 3.63) is 69.7 Å². The fraction of sp³-hybridized carbons (Fsp3) is 0.478. The average Bonchev–Trinajstić information content (AvgIpc) is 2.80. The van der Waals surface area contributed by atoms with Crippen LogP contribution in [-0.2, 0) is 5.60 Å². The Morgan fingerprint density at radius 2 is 1.26 bits per heavy atom. The van der Waals surface area contributed by atoms with Crippen molar-refractivity contribution in [1.82, 2.24) is 0 Å². The van der Waals surface area contributed by atoms with Gasteiger partial charge in [0.15, 0.2) is 0 Å². The monoisotopic (exact) mass is 404 g/mol. The molecule has 2 aromatic carbocycles. The van der Waals surface area contributed by atoms with E-state index in [1.807, 2.05) is 48.5 Å². The van der Waals surface area contributed by atoms with Gasteiger partial charge in [-0.2, -0.15) is 0 Å². The molecule has 144 valence electrons. The van der Waals surface area contributed by atoms with Crippen LogP contribution in [0.25, 0.3) is 0 Å². The maximum Gasteiger partial charge on any atom is 0.115 e. The second kappa shape index (κ2) is 7.08. The number of quaternary nitrogens is 1. The fourth-order valence-electron chi connectivity index (χ4n) is 5.43. The fourth-order valence-corrected chi connectivity index (χ4v) is 5.68.